The minimum Gasteiger partial charge on any atom is -0.374 e. The first-order chi connectivity index (χ1) is 6.86. The highest BCUT2D eigenvalue weighted by Crippen LogP contribution is 2.18. The van der Waals surface area contributed by atoms with E-state index in [-0.39, 0.29) is 11.5 Å². The van der Waals surface area contributed by atoms with Crippen molar-refractivity contribution in [2.45, 2.75) is 20.8 Å². The van der Waals surface area contributed by atoms with Crippen molar-refractivity contribution in [3.8, 4) is 0 Å². The molecule has 1 aromatic heterocycles. The second-order valence-corrected chi connectivity index (χ2v) is 4.89. The monoisotopic (exact) mass is 226 g/mol. The minimum absolute atomic E-state index is 0.0807. The number of ketones is 1. The maximum Gasteiger partial charge on any atom is 0.200 e. The number of carbonyl (C=O) groups excluding carboxylic acids is 1. The molecule has 15 heavy (non-hydrogen) atoms. The van der Waals surface area contributed by atoms with Gasteiger partial charge in [-0.25, -0.2) is 0 Å². The van der Waals surface area contributed by atoms with Gasteiger partial charge in [0, 0.05) is 24.0 Å². The molecule has 0 aliphatic carbocycles. The van der Waals surface area contributed by atoms with Gasteiger partial charge in [0.1, 0.15) is 5.71 Å². The molecule has 0 fully saturated rings. The predicted octanol–water partition coefficient (Wildman–Crippen LogP) is 1.15. The number of rotatable bonds is 2. The van der Waals surface area contributed by atoms with E-state index >= 15 is 0 Å². The fourth-order valence-electron chi connectivity index (χ4n) is 0.990. The van der Waals surface area contributed by atoms with Crippen LogP contribution >= 0.6 is 11.5 Å². The Hall–Kier alpha value is -1.30. The van der Waals surface area contributed by atoms with Crippen LogP contribution in [0.1, 0.15) is 26.6 Å². The number of Topliss-reactive ketones (excluding diaryl/α,β-unsaturated/α-hetero) is 1. The first kappa shape index (κ1) is 11.8. The predicted molar refractivity (Wildman–Crippen MR) is 61.2 cm³/mol. The number of anilines is 1. The normalized spacial score (nSPS) is 12.9. The third-order valence-corrected chi connectivity index (χ3v) is 2.32. The van der Waals surface area contributed by atoms with Gasteiger partial charge in [0.05, 0.1) is 0 Å². The molecule has 1 heterocycles. The van der Waals surface area contributed by atoms with E-state index in [1.165, 1.54) is 0 Å². The van der Waals surface area contributed by atoms with Crippen LogP contribution in [0.4, 0.5) is 5.13 Å². The molecule has 0 bridgehead atoms. The number of nitrogens with two attached hydrogens (primary N) is 1. The maximum atomic E-state index is 12.0. The Kier molecular flexibility index (Phi) is 3.18. The van der Waals surface area contributed by atoms with E-state index in [4.69, 9.17) is 5.73 Å². The van der Waals surface area contributed by atoms with E-state index in [1.807, 2.05) is 20.8 Å². The zero-order valence-corrected chi connectivity index (χ0v) is 10.1. The molecule has 0 unspecified atom stereocenters. The summed E-state index contributed by atoms with van der Waals surface area (Å²) in [6, 6.07) is 0. The molecule has 0 aromatic carbocycles. The Morgan fingerprint density at radius 2 is 2.07 bits per heavy atom. The highest BCUT2D eigenvalue weighted by molar-refractivity contribution is 7.09. The van der Waals surface area contributed by atoms with E-state index < -0.39 is 5.41 Å². The van der Waals surface area contributed by atoms with Crippen molar-refractivity contribution >= 4 is 28.2 Å². The molecular weight excluding hydrogens is 212 g/mol. The highest BCUT2D eigenvalue weighted by atomic mass is 32.1. The smallest absolute Gasteiger partial charge is 0.200 e. The van der Waals surface area contributed by atoms with Gasteiger partial charge in [0.15, 0.2) is 16.7 Å². The summed E-state index contributed by atoms with van der Waals surface area (Å²) in [6.45, 7) is 5.49. The number of aromatic nitrogens is 2. The molecule has 0 atom stereocenters. The van der Waals surface area contributed by atoms with Gasteiger partial charge in [-0.3, -0.25) is 9.79 Å². The summed E-state index contributed by atoms with van der Waals surface area (Å²) < 4.78 is 3.98. The summed E-state index contributed by atoms with van der Waals surface area (Å²) in [7, 11) is 1.55. The molecule has 0 spiro atoms. The van der Waals surface area contributed by atoms with Gasteiger partial charge >= 0.3 is 0 Å². The van der Waals surface area contributed by atoms with Gasteiger partial charge in [0.2, 0.25) is 0 Å². The average molecular weight is 226 g/mol. The number of nitrogen functional groups attached to an aromatic ring is 1. The summed E-state index contributed by atoms with van der Waals surface area (Å²) in [5, 5.41) is 0.341. The van der Waals surface area contributed by atoms with Gasteiger partial charge in [-0.05, 0) is 0 Å². The van der Waals surface area contributed by atoms with Crippen LogP contribution in [0.3, 0.4) is 0 Å². The van der Waals surface area contributed by atoms with E-state index in [1.54, 1.807) is 7.05 Å². The highest BCUT2D eigenvalue weighted by Gasteiger charge is 2.29. The standard InChI is InChI=1S/C9H14N4OS/c1-9(2,3)6(14)5(11-4)7-12-8(10)15-13-7/h1-4H3,(H2,10,12,13)/b11-5+. The van der Waals surface area contributed by atoms with E-state index in [9.17, 15) is 4.79 Å². The minimum atomic E-state index is -0.491. The van der Waals surface area contributed by atoms with E-state index in [0.29, 0.717) is 11.0 Å². The van der Waals surface area contributed by atoms with E-state index in [0.717, 1.165) is 11.5 Å². The summed E-state index contributed by atoms with van der Waals surface area (Å²) in [4.78, 5) is 19.8. The van der Waals surface area contributed by atoms with Gasteiger partial charge in [-0.2, -0.15) is 9.36 Å². The first-order valence-corrected chi connectivity index (χ1v) is 5.24. The lowest BCUT2D eigenvalue weighted by Gasteiger charge is -2.16. The first-order valence-electron chi connectivity index (χ1n) is 4.47. The quantitative estimate of drug-likeness (QED) is 0.767. The lowest BCUT2D eigenvalue weighted by molar-refractivity contribution is -0.119. The average Bonchev–Trinajstić information content (AvgIpc) is 2.51. The number of aliphatic imine (C=N–C) groups is 1. The third-order valence-electron chi connectivity index (χ3n) is 1.77. The molecule has 2 N–H and O–H groups in total. The summed E-state index contributed by atoms with van der Waals surface area (Å²) in [5.41, 5.74) is 5.26. The van der Waals surface area contributed by atoms with Crippen LogP contribution in [0.5, 0.6) is 0 Å². The number of hydrogen-bond donors (Lipinski definition) is 1. The summed E-state index contributed by atoms with van der Waals surface area (Å²) in [6.07, 6.45) is 0. The van der Waals surface area contributed by atoms with Gasteiger partial charge in [-0.1, -0.05) is 20.8 Å². The Labute approximate surface area is 92.6 Å². The Balaban J connectivity index is 3.07. The van der Waals surface area contributed by atoms with Crippen LogP contribution in [-0.4, -0.2) is 27.9 Å². The molecule has 0 amide bonds. The lowest BCUT2D eigenvalue weighted by Crippen LogP contribution is -2.30. The van der Waals surface area contributed by atoms with Crippen molar-refractivity contribution in [1.29, 1.82) is 0 Å². The summed E-state index contributed by atoms with van der Waals surface area (Å²) in [5.74, 6) is 0.239. The van der Waals surface area contributed by atoms with Crippen molar-refractivity contribution in [2.75, 3.05) is 12.8 Å². The van der Waals surface area contributed by atoms with Crippen LogP contribution in [0.2, 0.25) is 0 Å². The van der Waals surface area contributed by atoms with Crippen molar-refractivity contribution in [3.05, 3.63) is 5.82 Å². The summed E-state index contributed by atoms with van der Waals surface area (Å²) >= 11 is 1.06. The molecule has 0 aliphatic heterocycles. The van der Waals surface area contributed by atoms with Gasteiger partial charge < -0.3 is 5.73 Å². The van der Waals surface area contributed by atoms with Gasteiger partial charge in [0.25, 0.3) is 0 Å². The number of hydrogen-bond acceptors (Lipinski definition) is 6. The number of carbonyl (C=O) groups is 1. The molecule has 5 nitrogen and oxygen atoms in total. The number of nitrogens with zero attached hydrogens (tertiary/aromatic N) is 3. The van der Waals surface area contributed by atoms with Crippen LogP contribution in [0, 0.1) is 5.41 Å². The van der Waals surface area contributed by atoms with Crippen molar-refractivity contribution in [2.24, 2.45) is 10.4 Å². The zero-order chi connectivity index (χ0) is 11.6. The van der Waals surface area contributed by atoms with Gasteiger partial charge in [-0.15, -0.1) is 0 Å². The molecular formula is C9H14N4OS. The Morgan fingerprint density at radius 3 is 2.40 bits per heavy atom. The fourth-order valence-corrected chi connectivity index (χ4v) is 1.42. The molecule has 0 saturated carbocycles. The zero-order valence-electron chi connectivity index (χ0n) is 9.24. The molecule has 0 aliphatic rings. The van der Waals surface area contributed by atoms with Crippen LogP contribution in [-0.2, 0) is 4.79 Å². The lowest BCUT2D eigenvalue weighted by atomic mass is 9.88. The van der Waals surface area contributed by atoms with Crippen molar-refractivity contribution in [1.82, 2.24) is 9.36 Å². The van der Waals surface area contributed by atoms with Crippen molar-refractivity contribution in [3.63, 3.8) is 0 Å². The topological polar surface area (TPSA) is 81.2 Å². The van der Waals surface area contributed by atoms with Crippen LogP contribution in [0.25, 0.3) is 0 Å². The second kappa shape index (κ2) is 4.06. The third kappa shape index (κ3) is 2.59. The maximum absolute atomic E-state index is 12.0. The van der Waals surface area contributed by atoms with Crippen molar-refractivity contribution < 1.29 is 4.79 Å². The Morgan fingerprint density at radius 1 is 1.47 bits per heavy atom. The fraction of sp³-hybridized carbons (Fsp3) is 0.556. The molecule has 82 valence electrons. The van der Waals surface area contributed by atoms with Crippen LogP contribution < -0.4 is 5.73 Å². The second-order valence-electron chi connectivity index (χ2n) is 4.11. The largest absolute Gasteiger partial charge is 0.374 e. The molecule has 1 rings (SSSR count). The van der Waals surface area contributed by atoms with E-state index in [2.05, 4.69) is 14.3 Å². The molecule has 0 radical (unpaired) electrons. The molecule has 0 saturated heterocycles. The Bertz CT molecular complexity index is 402. The SMILES string of the molecule is C/N=C(\C(=O)C(C)(C)C)c1nsc(N)n1. The molecule has 1 aromatic rings. The molecule has 6 heteroatoms. The van der Waals surface area contributed by atoms with Crippen LogP contribution in [0.15, 0.2) is 4.99 Å².